The maximum atomic E-state index is 13.5. The van der Waals surface area contributed by atoms with Crippen molar-refractivity contribution in [3.8, 4) is 34.0 Å². The zero-order valence-electron chi connectivity index (χ0n) is 21.5. The Morgan fingerprint density at radius 3 is 2.64 bits per heavy atom. The summed E-state index contributed by atoms with van der Waals surface area (Å²) in [5, 5.41) is 4.67. The highest BCUT2D eigenvalue weighted by Gasteiger charge is 2.34. The number of ether oxygens (including phenoxy) is 2. The average Bonchev–Trinajstić information content (AvgIpc) is 3.47. The van der Waals surface area contributed by atoms with E-state index in [0.717, 1.165) is 19.0 Å². The smallest absolute Gasteiger partial charge is 0.419 e. The van der Waals surface area contributed by atoms with Crippen molar-refractivity contribution in [2.45, 2.75) is 32.4 Å². The minimum Gasteiger partial charge on any atom is -0.493 e. The van der Waals surface area contributed by atoms with E-state index in [9.17, 15) is 18.0 Å². The highest BCUT2D eigenvalue weighted by atomic mass is 19.4. The first-order valence-corrected chi connectivity index (χ1v) is 12.4. The summed E-state index contributed by atoms with van der Waals surface area (Å²) < 4.78 is 53.3. The van der Waals surface area contributed by atoms with Gasteiger partial charge in [-0.3, -0.25) is 4.79 Å². The molecule has 0 saturated carbocycles. The third-order valence-electron chi connectivity index (χ3n) is 6.61. The molecule has 2 N–H and O–H groups in total. The van der Waals surface area contributed by atoms with Gasteiger partial charge in [0.2, 0.25) is 5.91 Å². The molecule has 39 heavy (non-hydrogen) atoms. The number of anilines is 1. The zero-order valence-corrected chi connectivity index (χ0v) is 21.5. The van der Waals surface area contributed by atoms with Gasteiger partial charge in [-0.1, -0.05) is 0 Å². The van der Waals surface area contributed by atoms with E-state index in [2.05, 4.69) is 15.1 Å². The van der Waals surface area contributed by atoms with Crippen LogP contribution in [0.5, 0.6) is 11.5 Å². The number of fused-ring (bicyclic) bond motifs is 1. The standard InChI is InChI=1S/C27H27F3N6O3/c1-16-25(18-13-19(27(28,29)30)26(31)32-15-18)36-23(33-16)9-7-20(34-36)17-6-8-21(22(14-17)38-2)39-12-4-11-35-10-3-5-24(35)37/h6-9,13-15H,3-5,10-12H2,1-2H3,(H2,31,32). The van der Waals surface area contributed by atoms with Crippen LogP contribution in [0.25, 0.3) is 28.2 Å². The van der Waals surface area contributed by atoms with Crippen molar-refractivity contribution in [3.05, 3.63) is 53.9 Å². The minimum atomic E-state index is -4.65. The van der Waals surface area contributed by atoms with Crippen molar-refractivity contribution in [2.75, 3.05) is 32.5 Å². The third kappa shape index (κ3) is 5.31. The molecule has 0 radical (unpaired) electrons. The molecule has 1 aliphatic heterocycles. The molecule has 5 rings (SSSR count). The maximum absolute atomic E-state index is 13.5. The van der Waals surface area contributed by atoms with E-state index >= 15 is 0 Å². The quantitative estimate of drug-likeness (QED) is 0.321. The zero-order chi connectivity index (χ0) is 27.7. The van der Waals surface area contributed by atoms with Crippen LogP contribution >= 0.6 is 0 Å². The van der Waals surface area contributed by atoms with Crippen LogP contribution in [-0.4, -0.2) is 57.2 Å². The Kier molecular flexibility index (Phi) is 7.02. The number of carbonyl (C=O) groups excluding carboxylic acids is 1. The molecule has 4 heterocycles. The normalized spacial score (nSPS) is 13.9. The van der Waals surface area contributed by atoms with Gasteiger partial charge in [-0.2, -0.15) is 18.3 Å². The van der Waals surface area contributed by atoms with Crippen LogP contribution in [0.4, 0.5) is 19.0 Å². The molecule has 0 unspecified atom stereocenters. The van der Waals surface area contributed by atoms with E-state index in [4.69, 9.17) is 15.2 Å². The second-order valence-electron chi connectivity index (χ2n) is 9.24. The molecule has 1 amide bonds. The summed E-state index contributed by atoms with van der Waals surface area (Å²) in [6, 6.07) is 9.86. The summed E-state index contributed by atoms with van der Waals surface area (Å²) in [4.78, 5) is 21.8. The van der Waals surface area contributed by atoms with E-state index in [0.29, 0.717) is 65.8 Å². The fraction of sp³-hybridized carbons (Fsp3) is 0.333. The Balaban J connectivity index is 1.41. The lowest BCUT2D eigenvalue weighted by Gasteiger charge is -2.16. The molecule has 0 aliphatic carbocycles. The first-order chi connectivity index (χ1) is 18.7. The number of aryl methyl sites for hydroxylation is 1. The van der Waals surface area contributed by atoms with Crippen molar-refractivity contribution in [2.24, 2.45) is 0 Å². The number of benzene rings is 1. The molecule has 1 saturated heterocycles. The molecule has 1 aromatic carbocycles. The largest absolute Gasteiger partial charge is 0.493 e. The molecule has 204 valence electrons. The number of alkyl halides is 3. The highest BCUT2D eigenvalue weighted by molar-refractivity contribution is 5.78. The summed E-state index contributed by atoms with van der Waals surface area (Å²) >= 11 is 0. The fourth-order valence-electron chi connectivity index (χ4n) is 4.68. The predicted octanol–water partition coefficient (Wildman–Crippen LogP) is 4.77. The lowest BCUT2D eigenvalue weighted by molar-refractivity contribution is -0.137. The van der Waals surface area contributed by atoms with Crippen molar-refractivity contribution in [3.63, 3.8) is 0 Å². The first-order valence-electron chi connectivity index (χ1n) is 12.4. The maximum Gasteiger partial charge on any atom is 0.419 e. The second-order valence-corrected chi connectivity index (χ2v) is 9.24. The average molecular weight is 541 g/mol. The Morgan fingerprint density at radius 2 is 1.92 bits per heavy atom. The number of halogens is 3. The molecule has 1 fully saturated rings. The lowest BCUT2D eigenvalue weighted by Crippen LogP contribution is -2.26. The molecular formula is C27H27F3N6O3. The molecule has 9 nitrogen and oxygen atoms in total. The van der Waals surface area contributed by atoms with Crippen LogP contribution in [0, 0.1) is 6.92 Å². The molecule has 12 heteroatoms. The van der Waals surface area contributed by atoms with E-state index in [-0.39, 0.29) is 11.5 Å². The van der Waals surface area contributed by atoms with Crippen molar-refractivity contribution >= 4 is 17.4 Å². The number of amides is 1. The SMILES string of the molecule is COc1cc(-c2ccc3nc(C)c(-c4cnc(N)c(C(F)(F)F)c4)n3n2)ccc1OCCCN1CCCC1=O. The van der Waals surface area contributed by atoms with Crippen LogP contribution in [0.15, 0.2) is 42.6 Å². The van der Waals surface area contributed by atoms with Crippen molar-refractivity contribution in [1.29, 1.82) is 0 Å². The Labute approximate surface area is 222 Å². The summed E-state index contributed by atoms with van der Waals surface area (Å²) in [5.74, 6) is 0.657. The van der Waals surface area contributed by atoms with Gasteiger partial charge in [0.05, 0.1) is 36.4 Å². The number of pyridine rings is 1. The number of aromatic nitrogens is 4. The predicted molar refractivity (Wildman–Crippen MR) is 138 cm³/mol. The number of nitrogens with two attached hydrogens (primary N) is 1. The number of imidazole rings is 1. The molecule has 4 aromatic rings. The van der Waals surface area contributed by atoms with Crippen LogP contribution in [0.2, 0.25) is 0 Å². The molecule has 1 aliphatic rings. The van der Waals surface area contributed by atoms with E-state index in [1.807, 2.05) is 11.0 Å². The van der Waals surface area contributed by atoms with Gasteiger partial charge in [0.25, 0.3) is 0 Å². The summed E-state index contributed by atoms with van der Waals surface area (Å²) in [7, 11) is 1.54. The van der Waals surface area contributed by atoms with E-state index in [1.165, 1.54) is 17.8 Å². The molecular weight excluding hydrogens is 513 g/mol. The number of likely N-dealkylation sites (tertiary alicyclic amines) is 1. The van der Waals surface area contributed by atoms with Gasteiger partial charge >= 0.3 is 6.18 Å². The monoisotopic (exact) mass is 540 g/mol. The van der Waals surface area contributed by atoms with Crippen LogP contribution in [-0.2, 0) is 11.0 Å². The van der Waals surface area contributed by atoms with Crippen LogP contribution in [0.1, 0.15) is 30.5 Å². The number of nitrogens with zero attached hydrogens (tertiary/aromatic N) is 5. The summed E-state index contributed by atoms with van der Waals surface area (Å²) in [6.07, 6.45) is -1.15. The fourth-order valence-corrected chi connectivity index (χ4v) is 4.68. The van der Waals surface area contributed by atoms with E-state index in [1.54, 1.807) is 31.2 Å². The Bertz CT molecular complexity index is 1540. The number of hydrogen-bond acceptors (Lipinski definition) is 7. The van der Waals surface area contributed by atoms with Gasteiger partial charge in [-0.05, 0) is 56.2 Å². The lowest BCUT2D eigenvalue weighted by atomic mass is 10.1. The van der Waals surface area contributed by atoms with Gasteiger partial charge in [-0.25, -0.2) is 14.5 Å². The van der Waals surface area contributed by atoms with E-state index < -0.39 is 17.6 Å². The van der Waals surface area contributed by atoms with Gasteiger partial charge in [0.1, 0.15) is 5.82 Å². The van der Waals surface area contributed by atoms with Gasteiger partial charge < -0.3 is 20.1 Å². The number of rotatable bonds is 8. The second kappa shape index (κ2) is 10.4. The number of methoxy groups -OCH3 is 1. The molecule has 3 aromatic heterocycles. The topological polar surface area (TPSA) is 108 Å². The molecule has 0 atom stereocenters. The molecule has 0 bridgehead atoms. The van der Waals surface area contributed by atoms with Gasteiger partial charge in [0, 0.05) is 36.8 Å². The van der Waals surface area contributed by atoms with Crippen molar-refractivity contribution < 1.29 is 27.4 Å². The van der Waals surface area contributed by atoms with Crippen LogP contribution in [0.3, 0.4) is 0 Å². The van der Waals surface area contributed by atoms with Crippen molar-refractivity contribution in [1.82, 2.24) is 24.5 Å². The first kappa shape index (κ1) is 26.3. The number of carbonyl (C=O) groups is 1. The molecule has 0 spiro atoms. The van der Waals surface area contributed by atoms with Gasteiger partial charge in [-0.15, -0.1) is 0 Å². The minimum absolute atomic E-state index is 0.186. The summed E-state index contributed by atoms with van der Waals surface area (Å²) in [6.45, 7) is 3.58. The number of nitrogen functional groups attached to an aromatic ring is 1. The number of hydrogen-bond donors (Lipinski definition) is 1. The third-order valence-corrected chi connectivity index (χ3v) is 6.61. The summed E-state index contributed by atoms with van der Waals surface area (Å²) in [5.41, 5.74) is 7.29. The highest BCUT2D eigenvalue weighted by Crippen LogP contribution is 2.36. The van der Waals surface area contributed by atoms with Crippen LogP contribution < -0.4 is 15.2 Å². The van der Waals surface area contributed by atoms with Gasteiger partial charge in [0.15, 0.2) is 17.1 Å². The Hall–Kier alpha value is -4.35. The Morgan fingerprint density at radius 1 is 1.10 bits per heavy atom.